The Morgan fingerprint density at radius 3 is 1.52 bits per heavy atom. The number of unbranched alkanes of at least 4 members (excludes halogenated alkanes) is 13. The second-order valence-electron chi connectivity index (χ2n) is 7.11. The van der Waals surface area contributed by atoms with Gasteiger partial charge in [-0.1, -0.05) is 39.0 Å². The summed E-state index contributed by atoms with van der Waals surface area (Å²) in [5, 5.41) is 0. The number of aryl methyl sites for hydroxylation is 1. The van der Waals surface area contributed by atoms with Gasteiger partial charge in [0.2, 0.25) is 0 Å². The fourth-order valence-corrected chi connectivity index (χ4v) is 4.22. The van der Waals surface area contributed by atoms with Crippen LogP contribution in [-0.4, -0.2) is 0 Å². The van der Waals surface area contributed by atoms with Crippen molar-refractivity contribution in [1.82, 2.24) is 0 Å². The van der Waals surface area contributed by atoms with Crippen molar-refractivity contribution in [2.75, 3.05) is 0 Å². The first-order valence-corrected chi connectivity index (χ1v) is 11.7. The summed E-state index contributed by atoms with van der Waals surface area (Å²) in [6.45, 7) is 2.30. The minimum absolute atomic E-state index is 1.30. The van der Waals surface area contributed by atoms with Gasteiger partial charge in [0.25, 0.3) is 0 Å². The second kappa shape index (κ2) is 15.4. The van der Waals surface area contributed by atoms with E-state index in [-0.39, 0.29) is 0 Å². The predicted octanol–water partition coefficient (Wildman–Crippen LogP) is 6.88. The molecule has 0 saturated heterocycles. The van der Waals surface area contributed by atoms with E-state index in [1.807, 2.05) is 0 Å². The van der Waals surface area contributed by atoms with Gasteiger partial charge in [-0.05, 0) is 0 Å². The summed E-state index contributed by atoms with van der Waals surface area (Å²) in [4.78, 5) is 0. The monoisotopic (exact) mass is 365 g/mol. The van der Waals surface area contributed by atoms with Gasteiger partial charge in [-0.25, -0.2) is 0 Å². The molecule has 0 saturated carbocycles. The normalized spacial score (nSPS) is 11.1. The van der Waals surface area contributed by atoms with Crippen LogP contribution in [0.2, 0.25) is 0 Å². The molecule has 1 aromatic rings. The zero-order chi connectivity index (χ0) is 16.6. The standard InChI is InChI=1S/C22H37.Zn/c1-2-3-4-5-6-7-8-9-10-11-12-13-14-16-19-22-20-17-15-18-21-22;/h15,17-18,20H,2-14,16,19H2,1H3;. The molecule has 1 aromatic carbocycles. The molecule has 0 atom stereocenters. The average molecular weight is 367 g/mol. The summed E-state index contributed by atoms with van der Waals surface area (Å²) in [5.74, 6) is 0. The molecule has 23 heavy (non-hydrogen) atoms. The first kappa shape index (κ1) is 20.9. The molecule has 0 aliphatic carbocycles. The van der Waals surface area contributed by atoms with Crippen molar-refractivity contribution in [3.05, 3.63) is 29.8 Å². The molecule has 1 heteroatoms. The van der Waals surface area contributed by atoms with Gasteiger partial charge in [0.05, 0.1) is 0 Å². The third kappa shape index (κ3) is 11.9. The van der Waals surface area contributed by atoms with Gasteiger partial charge in [-0.3, -0.25) is 0 Å². The Kier molecular flexibility index (Phi) is 14.0. The van der Waals surface area contributed by atoms with Crippen molar-refractivity contribution < 1.29 is 18.3 Å². The molecule has 0 aliphatic rings. The number of benzene rings is 1. The van der Waals surface area contributed by atoms with Crippen LogP contribution in [0.15, 0.2) is 24.3 Å². The predicted molar refractivity (Wildman–Crippen MR) is 100 cm³/mol. The molecule has 0 spiro atoms. The van der Waals surface area contributed by atoms with Crippen LogP contribution in [0.5, 0.6) is 0 Å². The maximum atomic E-state index is 2.32. The molecule has 127 valence electrons. The van der Waals surface area contributed by atoms with Crippen LogP contribution in [0, 0.1) is 0 Å². The van der Waals surface area contributed by atoms with Crippen molar-refractivity contribution in [1.29, 1.82) is 0 Å². The van der Waals surface area contributed by atoms with Crippen LogP contribution in [0.3, 0.4) is 0 Å². The van der Waals surface area contributed by atoms with Gasteiger partial charge in [0.1, 0.15) is 0 Å². The molecule has 0 unspecified atom stereocenters. The van der Waals surface area contributed by atoms with E-state index in [1.54, 1.807) is 9.72 Å². The summed E-state index contributed by atoms with van der Waals surface area (Å²) in [6.07, 6.45) is 21.6. The Labute approximate surface area is 155 Å². The molecule has 0 aliphatic heterocycles. The number of hydrogen-bond acceptors (Lipinski definition) is 0. The SMILES string of the molecule is CCCCCCCCCCCCCCCCc1cccc[c]1[Zn]. The van der Waals surface area contributed by atoms with Crippen LogP contribution in [0.25, 0.3) is 0 Å². The van der Waals surface area contributed by atoms with E-state index in [9.17, 15) is 0 Å². The van der Waals surface area contributed by atoms with Crippen LogP contribution in [-0.2, 0) is 24.7 Å². The average Bonchev–Trinajstić information content (AvgIpc) is 2.57. The van der Waals surface area contributed by atoms with E-state index < -0.39 is 0 Å². The Balaban J connectivity index is 1.79. The Hall–Kier alpha value is -0.157. The first-order chi connectivity index (χ1) is 11.3. The summed E-state index contributed by atoms with van der Waals surface area (Å²) < 4.78 is 1.59. The zero-order valence-corrected chi connectivity index (χ0v) is 18.6. The maximum absolute atomic E-state index is 2.32. The van der Waals surface area contributed by atoms with Crippen molar-refractivity contribution in [2.45, 2.75) is 103 Å². The fraction of sp³-hybridized carbons (Fsp3) is 0.727. The molecule has 0 nitrogen and oxygen atoms in total. The van der Waals surface area contributed by atoms with Gasteiger partial charge < -0.3 is 0 Å². The molecule has 0 N–H and O–H groups in total. The van der Waals surface area contributed by atoms with E-state index in [1.165, 1.54) is 115 Å². The van der Waals surface area contributed by atoms with E-state index in [0.717, 1.165) is 0 Å². The van der Waals surface area contributed by atoms with Crippen LogP contribution in [0.4, 0.5) is 0 Å². The topological polar surface area (TPSA) is 0 Å². The first-order valence-electron chi connectivity index (χ1n) is 10.2. The summed E-state index contributed by atoms with van der Waals surface area (Å²) in [6, 6.07) is 8.98. The molecule has 0 heterocycles. The van der Waals surface area contributed by atoms with Gasteiger partial charge in [-0.15, -0.1) is 0 Å². The van der Waals surface area contributed by atoms with Crippen molar-refractivity contribution >= 4 is 4.16 Å². The van der Waals surface area contributed by atoms with E-state index in [0.29, 0.717) is 0 Å². The third-order valence-electron chi connectivity index (χ3n) is 4.92. The van der Waals surface area contributed by atoms with E-state index in [2.05, 4.69) is 31.2 Å². The van der Waals surface area contributed by atoms with E-state index in [4.69, 9.17) is 0 Å². The van der Waals surface area contributed by atoms with Crippen LogP contribution in [0.1, 0.15) is 102 Å². The number of rotatable bonds is 15. The Morgan fingerprint density at radius 1 is 0.609 bits per heavy atom. The van der Waals surface area contributed by atoms with Crippen LogP contribution >= 0.6 is 0 Å². The third-order valence-corrected chi connectivity index (χ3v) is 6.37. The van der Waals surface area contributed by atoms with Crippen LogP contribution < -0.4 is 4.16 Å². The Bertz CT molecular complexity index is 372. The van der Waals surface area contributed by atoms with Crippen molar-refractivity contribution in [2.24, 2.45) is 0 Å². The zero-order valence-electron chi connectivity index (χ0n) is 15.6. The quantitative estimate of drug-likeness (QED) is 0.234. The minimum atomic E-state index is 1.30. The molecule has 0 bridgehead atoms. The molecule has 0 radical (unpaired) electrons. The molecule has 1 rings (SSSR count). The fourth-order valence-electron chi connectivity index (χ4n) is 3.31. The summed E-state index contributed by atoms with van der Waals surface area (Å²) in [7, 11) is 0. The van der Waals surface area contributed by atoms with Crippen molar-refractivity contribution in [3.8, 4) is 0 Å². The summed E-state index contributed by atoms with van der Waals surface area (Å²) >= 11 is 1.30. The second-order valence-corrected chi connectivity index (χ2v) is 8.71. The molecule has 0 fully saturated rings. The van der Waals surface area contributed by atoms with Gasteiger partial charge >= 0.3 is 116 Å². The van der Waals surface area contributed by atoms with Gasteiger partial charge in [0, 0.05) is 0 Å². The van der Waals surface area contributed by atoms with Gasteiger partial charge in [-0.2, -0.15) is 0 Å². The molecular formula is C22H37Zn. The van der Waals surface area contributed by atoms with Gasteiger partial charge in [0.15, 0.2) is 0 Å². The molecule has 0 aromatic heterocycles. The molecular weight excluding hydrogens is 330 g/mol. The molecule has 0 amide bonds. The van der Waals surface area contributed by atoms with Crippen molar-refractivity contribution in [3.63, 3.8) is 0 Å². The van der Waals surface area contributed by atoms with E-state index >= 15 is 0 Å². The Morgan fingerprint density at radius 2 is 1.04 bits per heavy atom. The summed E-state index contributed by atoms with van der Waals surface area (Å²) in [5.41, 5.74) is 1.60. The number of hydrogen-bond donors (Lipinski definition) is 0.